The zero-order valence-corrected chi connectivity index (χ0v) is 14.3. The van der Waals surface area contributed by atoms with Gasteiger partial charge in [0.15, 0.2) is 0 Å². The van der Waals surface area contributed by atoms with Crippen LogP contribution in [0.1, 0.15) is 47.2 Å². The quantitative estimate of drug-likeness (QED) is 0.912. The van der Waals surface area contributed by atoms with Crippen molar-refractivity contribution in [2.24, 2.45) is 11.3 Å². The summed E-state index contributed by atoms with van der Waals surface area (Å²) in [4.78, 5) is 27.1. The maximum absolute atomic E-state index is 12.9. The van der Waals surface area contributed by atoms with Gasteiger partial charge in [-0.1, -0.05) is 18.9 Å². The van der Waals surface area contributed by atoms with Crippen LogP contribution in [0.15, 0.2) is 18.2 Å². The highest BCUT2D eigenvalue weighted by atomic mass is 16.2. The molecule has 23 heavy (non-hydrogen) atoms. The van der Waals surface area contributed by atoms with Crippen LogP contribution in [0.2, 0.25) is 0 Å². The largest absolute Gasteiger partial charge is 0.359 e. The van der Waals surface area contributed by atoms with Crippen LogP contribution in [0.25, 0.3) is 0 Å². The molecule has 1 saturated heterocycles. The van der Waals surface area contributed by atoms with Crippen molar-refractivity contribution in [3.63, 3.8) is 0 Å². The summed E-state index contributed by atoms with van der Waals surface area (Å²) in [7, 11) is 1.69. The van der Waals surface area contributed by atoms with Gasteiger partial charge in [-0.25, -0.2) is 0 Å². The second kappa shape index (κ2) is 5.99. The number of hydrogen-bond acceptors (Lipinski definition) is 2. The van der Waals surface area contributed by atoms with Crippen LogP contribution in [-0.2, 0) is 4.79 Å². The van der Waals surface area contributed by atoms with E-state index in [1.54, 1.807) is 7.05 Å². The highest BCUT2D eigenvalue weighted by Crippen LogP contribution is 2.49. The van der Waals surface area contributed by atoms with Gasteiger partial charge in [0.2, 0.25) is 5.91 Å². The Bertz CT molecular complexity index is 632. The van der Waals surface area contributed by atoms with Crippen molar-refractivity contribution < 1.29 is 9.59 Å². The average molecular weight is 314 g/mol. The Labute approximate surface area is 138 Å². The van der Waals surface area contributed by atoms with Crippen molar-refractivity contribution in [2.75, 3.05) is 20.1 Å². The molecule has 1 aliphatic carbocycles. The fourth-order valence-corrected chi connectivity index (χ4v) is 4.30. The summed E-state index contributed by atoms with van der Waals surface area (Å²) in [5, 5.41) is 2.80. The number of rotatable bonds is 2. The van der Waals surface area contributed by atoms with Crippen LogP contribution in [0.3, 0.4) is 0 Å². The minimum absolute atomic E-state index is 0.00447. The molecular weight excluding hydrogens is 288 g/mol. The van der Waals surface area contributed by atoms with E-state index in [1.807, 2.05) is 30.0 Å². The Balaban J connectivity index is 1.85. The van der Waals surface area contributed by atoms with Crippen molar-refractivity contribution in [2.45, 2.75) is 39.5 Å². The number of amides is 2. The maximum atomic E-state index is 12.9. The highest BCUT2D eigenvalue weighted by molar-refractivity contribution is 5.95. The summed E-state index contributed by atoms with van der Waals surface area (Å²) in [6.07, 6.45) is 4.45. The van der Waals surface area contributed by atoms with E-state index in [-0.39, 0.29) is 23.1 Å². The third-order valence-electron chi connectivity index (χ3n) is 5.85. The van der Waals surface area contributed by atoms with Gasteiger partial charge in [-0.3, -0.25) is 9.59 Å². The lowest BCUT2D eigenvalue weighted by Gasteiger charge is -2.28. The van der Waals surface area contributed by atoms with Gasteiger partial charge in [-0.2, -0.15) is 0 Å². The highest BCUT2D eigenvalue weighted by Gasteiger charge is 2.52. The second-order valence-electron chi connectivity index (χ2n) is 7.22. The molecule has 4 nitrogen and oxygen atoms in total. The molecule has 0 aromatic heterocycles. The van der Waals surface area contributed by atoms with E-state index in [4.69, 9.17) is 0 Å². The number of carbonyl (C=O) groups excluding carboxylic acids is 2. The molecule has 124 valence electrons. The molecule has 0 unspecified atom stereocenters. The molecule has 1 atom stereocenters. The van der Waals surface area contributed by atoms with E-state index in [0.717, 1.165) is 30.5 Å². The van der Waals surface area contributed by atoms with E-state index in [1.165, 1.54) is 18.4 Å². The molecule has 1 aromatic carbocycles. The van der Waals surface area contributed by atoms with Crippen molar-refractivity contribution in [3.8, 4) is 0 Å². The molecule has 3 rings (SSSR count). The van der Waals surface area contributed by atoms with E-state index < -0.39 is 0 Å². The van der Waals surface area contributed by atoms with Gasteiger partial charge >= 0.3 is 0 Å². The number of carbonyl (C=O) groups is 2. The third-order valence-corrected chi connectivity index (χ3v) is 5.85. The Hall–Kier alpha value is -1.84. The maximum Gasteiger partial charge on any atom is 0.253 e. The summed E-state index contributed by atoms with van der Waals surface area (Å²) in [6, 6.07) is 5.87. The number of nitrogens with zero attached hydrogens (tertiary/aromatic N) is 1. The minimum atomic E-state index is -0.0644. The summed E-state index contributed by atoms with van der Waals surface area (Å²) in [5.41, 5.74) is 3.06. The van der Waals surface area contributed by atoms with Crippen LogP contribution in [0, 0.1) is 25.2 Å². The standard InChI is InChI=1S/C19H26N2O2/c1-13-6-7-15(10-14(13)2)18(23)21-11-16(17(22)20-3)19(12-21)8-4-5-9-19/h6-7,10,16H,4-5,8-9,11-12H2,1-3H3,(H,20,22)/t16-/m0/s1. The lowest BCUT2D eigenvalue weighted by Crippen LogP contribution is -2.38. The topological polar surface area (TPSA) is 49.4 Å². The van der Waals surface area contributed by atoms with E-state index in [0.29, 0.717) is 6.54 Å². The third kappa shape index (κ3) is 2.75. The molecule has 1 aromatic rings. The van der Waals surface area contributed by atoms with Crippen LogP contribution in [0.4, 0.5) is 0 Å². The van der Waals surface area contributed by atoms with Crippen molar-refractivity contribution >= 4 is 11.8 Å². The molecule has 0 bridgehead atoms. The van der Waals surface area contributed by atoms with Gasteiger partial charge in [-0.05, 0) is 49.9 Å². The van der Waals surface area contributed by atoms with Gasteiger partial charge in [0.05, 0.1) is 5.92 Å². The van der Waals surface area contributed by atoms with Crippen molar-refractivity contribution in [1.82, 2.24) is 10.2 Å². The second-order valence-corrected chi connectivity index (χ2v) is 7.22. The Kier molecular flexibility index (Phi) is 4.17. The van der Waals surface area contributed by atoms with Crippen LogP contribution in [0.5, 0.6) is 0 Å². The zero-order chi connectivity index (χ0) is 16.6. The van der Waals surface area contributed by atoms with Crippen LogP contribution >= 0.6 is 0 Å². The normalized spacial score (nSPS) is 22.6. The summed E-state index contributed by atoms with van der Waals surface area (Å²) in [6.45, 7) is 5.35. The molecule has 2 aliphatic rings. The minimum Gasteiger partial charge on any atom is -0.359 e. The smallest absolute Gasteiger partial charge is 0.253 e. The van der Waals surface area contributed by atoms with Crippen molar-refractivity contribution in [3.05, 3.63) is 34.9 Å². The first-order valence-corrected chi connectivity index (χ1v) is 8.55. The lowest BCUT2D eigenvalue weighted by atomic mass is 9.76. The van der Waals surface area contributed by atoms with E-state index in [9.17, 15) is 9.59 Å². The molecule has 1 heterocycles. The van der Waals surface area contributed by atoms with E-state index >= 15 is 0 Å². The molecule has 4 heteroatoms. The van der Waals surface area contributed by atoms with E-state index in [2.05, 4.69) is 12.2 Å². The van der Waals surface area contributed by atoms with Crippen LogP contribution in [-0.4, -0.2) is 36.9 Å². The molecule has 1 saturated carbocycles. The summed E-state index contributed by atoms with van der Waals surface area (Å²) >= 11 is 0. The monoisotopic (exact) mass is 314 g/mol. The Morgan fingerprint density at radius 3 is 2.48 bits per heavy atom. The number of likely N-dealkylation sites (tertiary alicyclic amines) is 1. The first-order chi connectivity index (χ1) is 11.0. The van der Waals surface area contributed by atoms with Gasteiger partial charge < -0.3 is 10.2 Å². The predicted octanol–water partition coefficient (Wildman–Crippen LogP) is 2.68. The number of aryl methyl sites for hydroxylation is 2. The molecule has 1 N–H and O–H groups in total. The number of nitrogens with one attached hydrogen (secondary N) is 1. The first kappa shape index (κ1) is 16.0. The predicted molar refractivity (Wildman–Crippen MR) is 90.3 cm³/mol. The van der Waals surface area contributed by atoms with Gasteiger partial charge in [0.1, 0.15) is 0 Å². The van der Waals surface area contributed by atoms with Crippen LogP contribution < -0.4 is 5.32 Å². The van der Waals surface area contributed by atoms with Gasteiger partial charge in [0.25, 0.3) is 5.91 Å². The zero-order valence-electron chi connectivity index (χ0n) is 14.3. The Morgan fingerprint density at radius 1 is 1.17 bits per heavy atom. The molecule has 2 amide bonds. The van der Waals surface area contributed by atoms with Gasteiger partial charge in [0, 0.05) is 31.1 Å². The Morgan fingerprint density at radius 2 is 1.87 bits per heavy atom. The molecule has 1 spiro atoms. The average Bonchev–Trinajstić information content (AvgIpc) is 3.17. The fraction of sp³-hybridized carbons (Fsp3) is 0.579. The van der Waals surface area contributed by atoms with Crippen molar-refractivity contribution in [1.29, 1.82) is 0 Å². The number of hydrogen-bond donors (Lipinski definition) is 1. The first-order valence-electron chi connectivity index (χ1n) is 8.55. The molecule has 0 radical (unpaired) electrons. The van der Waals surface area contributed by atoms with Gasteiger partial charge in [-0.15, -0.1) is 0 Å². The molecule has 1 aliphatic heterocycles. The lowest BCUT2D eigenvalue weighted by molar-refractivity contribution is -0.127. The fourth-order valence-electron chi connectivity index (χ4n) is 4.30. The molecular formula is C19H26N2O2. The SMILES string of the molecule is CNC(=O)[C@@H]1CN(C(=O)c2ccc(C)c(C)c2)CC12CCCC2. The summed E-state index contributed by atoms with van der Waals surface area (Å²) < 4.78 is 0. The number of benzene rings is 1. The summed E-state index contributed by atoms with van der Waals surface area (Å²) in [5.74, 6) is 0.0820. The molecule has 2 fully saturated rings.